The van der Waals surface area contributed by atoms with Gasteiger partial charge in [-0.1, -0.05) is 0 Å². The number of pyridine rings is 1. The first-order valence-corrected chi connectivity index (χ1v) is 8.26. The fourth-order valence-electron chi connectivity index (χ4n) is 2.48. The highest BCUT2D eigenvalue weighted by Gasteiger charge is 2.09. The number of amides is 1. The maximum Gasteiger partial charge on any atom is 0.266 e. The first-order valence-electron chi connectivity index (χ1n) is 8.26. The summed E-state index contributed by atoms with van der Waals surface area (Å²) in [6.07, 6.45) is 3.60. The SMILES string of the molecule is O=C(CCCn1nc(-c2ccncc2)ccc1=O)Nc1cc(F)ccc1F. The second kappa shape index (κ2) is 8.31. The Morgan fingerprint density at radius 2 is 1.85 bits per heavy atom. The van der Waals surface area contributed by atoms with Crippen LogP contribution in [0.4, 0.5) is 14.5 Å². The Hall–Kier alpha value is -3.42. The number of hydrogen-bond acceptors (Lipinski definition) is 4. The van der Waals surface area contributed by atoms with E-state index < -0.39 is 17.5 Å². The van der Waals surface area contributed by atoms with Crippen molar-refractivity contribution in [3.05, 3.63) is 76.8 Å². The molecule has 2 aromatic heterocycles. The van der Waals surface area contributed by atoms with E-state index in [0.29, 0.717) is 12.1 Å². The predicted octanol–water partition coefficient (Wildman–Crippen LogP) is 3.00. The summed E-state index contributed by atoms with van der Waals surface area (Å²) in [5, 5.41) is 6.60. The second-order valence-corrected chi connectivity index (χ2v) is 5.79. The van der Waals surface area contributed by atoms with Crippen molar-refractivity contribution in [3.63, 3.8) is 0 Å². The minimum atomic E-state index is -0.715. The maximum atomic E-state index is 13.5. The summed E-state index contributed by atoms with van der Waals surface area (Å²) in [4.78, 5) is 27.8. The quantitative estimate of drug-likeness (QED) is 0.724. The number of carbonyl (C=O) groups is 1. The zero-order valence-electron chi connectivity index (χ0n) is 14.2. The third-order valence-electron chi connectivity index (χ3n) is 3.82. The molecule has 0 unspecified atom stereocenters. The molecule has 2 heterocycles. The van der Waals surface area contributed by atoms with Gasteiger partial charge in [0.15, 0.2) is 0 Å². The van der Waals surface area contributed by atoms with Crippen molar-refractivity contribution in [1.29, 1.82) is 0 Å². The molecular weight excluding hydrogens is 354 g/mol. The van der Waals surface area contributed by atoms with E-state index in [1.165, 1.54) is 10.7 Å². The van der Waals surface area contributed by atoms with Crippen LogP contribution in [0.2, 0.25) is 0 Å². The van der Waals surface area contributed by atoms with E-state index in [2.05, 4.69) is 15.4 Å². The standard InChI is InChI=1S/C19H16F2N4O2/c20-14-3-4-15(21)17(12-14)23-18(26)2-1-11-25-19(27)6-5-16(24-25)13-7-9-22-10-8-13/h3-10,12H,1-2,11H2,(H,23,26). The molecule has 0 radical (unpaired) electrons. The zero-order valence-corrected chi connectivity index (χ0v) is 14.2. The van der Waals surface area contributed by atoms with Gasteiger partial charge in [-0.3, -0.25) is 14.6 Å². The lowest BCUT2D eigenvalue weighted by Crippen LogP contribution is -2.23. The summed E-state index contributed by atoms with van der Waals surface area (Å²) in [5.41, 5.74) is 0.931. The number of halogens is 2. The highest BCUT2D eigenvalue weighted by Crippen LogP contribution is 2.16. The van der Waals surface area contributed by atoms with E-state index in [-0.39, 0.29) is 24.2 Å². The molecule has 0 saturated heterocycles. The van der Waals surface area contributed by atoms with E-state index in [1.54, 1.807) is 30.6 Å². The summed E-state index contributed by atoms with van der Waals surface area (Å²) < 4.78 is 27.9. The molecule has 0 bridgehead atoms. The first kappa shape index (κ1) is 18.4. The van der Waals surface area contributed by atoms with Gasteiger partial charge >= 0.3 is 0 Å². The molecule has 1 aromatic carbocycles. The molecular formula is C19H16F2N4O2. The van der Waals surface area contributed by atoms with Gasteiger partial charge in [-0.05, 0) is 36.8 Å². The topological polar surface area (TPSA) is 76.9 Å². The summed E-state index contributed by atoms with van der Waals surface area (Å²) in [5.74, 6) is -1.83. The molecule has 0 atom stereocenters. The largest absolute Gasteiger partial charge is 0.324 e. The average molecular weight is 370 g/mol. The normalized spacial score (nSPS) is 10.6. The lowest BCUT2D eigenvalue weighted by molar-refractivity contribution is -0.116. The molecule has 3 rings (SSSR count). The Labute approximate surface area is 153 Å². The smallest absolute Gasteiger partial charge is 0.266 e. The van der Waals surface area contributed by atoms with Crippen LogP contribution in [-0.2, 0) is 11.3 Å². The van der Waals surface area contributed by atoms with Crippen LogP contribution < -0.4 is 10.9 Å². The van der Waals surface area contributed by atoms with E-state index in [4.69, 9.17) is 0 Å². The third-order valence-corrected chi connectivity index (χ3v) is 3.82. The fourth-order valence-corrected chi connectivity index (χ4v) is 2.48. The summed E-state index contributed by atoms with van der Waals surface area (Å²) in [6, 6.07) is 9.41. The Balaban J connectivity index is 1.61. The minimum Gasteiger partial charge on any atom is -0.324 e. The molecule has 6 nitrogen and oxygen atoms in total. The molecule has 138 valence electrons. The maximum absolute atomic E-state index is 13.5. The highest BCUT2D eigenvalue weighted by atomic mass is 19.1. The summed E-state index contributed by atoms with van der Waals surface area (Å²) in [6.45, 7) is 0.219. The number of anilines is 1. The lowest BCUT2D eigenvalue weighted by Gasteiger charge is -2.08. The van der Waals surface area contributed by atoms with Crippen molar-refractivity contribution in [2.24, 2.45) is 0 Å². The Bertz CT molecular complexity index is 1010. The number of benzene rings is 1. The molecule has 0 aliphatic heterocycles. The minimum absolute atomic E-state index is 0.0313. The number of nitrogens with zero attached hydrogens (tertiary/aromatic N) is 3. The Morgan fingerprint density at radius 1 is 1.07 bits per heavy atom. The number of rotatable bonds is 6. The number of aromatic nitrogens is 3. The number of nitrogens with one attached hydrogen (secondary N) is 1. The van der Waals surface area contributed by atoms with Crippen molar-refractivity contribution < 1.29 is 13.6 Å². The van der Waals surface area contributed by atoms with Gasteiger partial charge in [0.05, 0.1) is 11.4 Å². The van der Waals surface area contributed by atoms with Crippen molar-refractivity contribution in [2.45, 2.75) is 19.4 Å². The van der Waals surface area contributed by atoms with Crippen molar-refractivity contribution in [3.8, 4) is 11.3 Å². The van der Waals surface area contributed by atoms with Gasteiger partial charge in [0.2, 0.25) is 5.91 Å². The van der Waals surface area contributed by atoms with Gasteiger partial charge in [-0.2, -0.15) is 5.10 Å². The van der Waals surface area contributed by atoms with E-state index in [1.807, 2.05) is 0 Å². The number of aryl methyl sites for hydroxylation is 1. The van der Waals surface area contributed by atoms with Crippen LogP contribution in [-0.4, -0.2) is 20.7 Å². The molecule has 8 heteroatoms. The van der Waals surface area contributed by atoms with Crippen molar-refractivity contribution in [2.75, 3.05) is 5.32 Å². The molecule has 1 N–H and O–H groups in total. The van der Waals surface area contributed by atoms with Crippen LogP contribution in [0.1, 0.15) is 12.8 Å². The van der Waals surface area contributed by atoms with Crippen LogP contribution in [0.3, 0.4) is 0 Å². The Kier molecular flexibility index (Phi) is 5.65. The number of hydrogen-bond donors (Lipinski definition) is 1. The predicted molar refractivity (Wildman–Crippen MR) is 95.9 cm³/mol. The van der Waals surface area contributed by atoms with Gasteiger partial charge in [-0.25, -0.2) is 13.5 Å². The lowest BCUT2D eigenvalue weighted by atomic mass is 10.2. The van der Waals surface area contributed by atoms with Crippen LogP contribution >= 0.6 is 0 Å². The highest BCUT2D eigenvalue weighted by molar-refractivity contribution is 5.90. The Morgan fingerprint density at radius 3 is 2.63 bits per heavy atom. The molecule has 27 heavy (non-hydrogen) atoms. The molecule has 0 spiro atoms. The monoisotopic (exact) mass is 370 g/mol. The van der Waals surface area contributed by atoms with Gasteiger partial charge in [0, 0.05) is 43.1 Å². The van der Waals surface area contributed by atoms with Crippen LogP contribution in [0.25, 0.3) is 11.3 Å². The average Bonchev–Trinajstić information content (AvgIpc) is 2.67. The molecule has 3 aromatic rings. The zero-order chi connectivity index (χ0) is 19.2. The van der Waals surface area contributed by atoms with E-state index in [0.717, 1.165) is 23.8 Å². The molecule has 0 saturated carbocycles. The van der Waals surface area contributed by atoms with Crippen molar-refractivity contribution >= 4 is 11.6 Å². The van der Waals surface area contributed by atoms with E-state index >= 15 is 0 Å². The van der Waals surface area contributed by atoms with Gasteiger partial charge < -0.3 is 5.32 Å². The third kappa shape index (κ3) is 4.81. The molecule has 1 amide bonds. The van der Waals surface area contributed by atoms with E-state index in [9.17, 15) is 18.4 Å². The molecule has 0 aliphatic rings. The second-order valence-electron chi connectivity index (χ2n) is 5.79. The van der Waals surface area contributed by atoms with Crippen LogP contribution in [0, 0.1) is 11.6 Å². The first-order chi connectivity index (χ1) is 13.0. The van der Waals surface area contributed by atoms with Gasteiger partial charge in [0.1, 0.15) is 11.6 Å². The number of carbonyl (C=O) groups excluding carboxylic acids is 1. The molecule has 0 aliphatic carbocycles. The summed E-state index contributed by atoms with van der Waals surface area (Å²) in [7, 11) is 0. The summed E-state index contributed by atoms with van der Waals surface area (Å²) >= 11 is 0. The van der Waals surface area contributed by atoms with Crippen LogP contribution in [0.5, 0.6) is 0 Å². The van der Waals surface area contributed by atoms with Crippen molar-refractivity contribution in [1.82, 2.24) is 14.8 Å². The van der Waals surface area contributed by atoms with Gasteiger partial charge in [0.25, 0.3) is 5.56 Å². The van der Waals surface area contributed by atoms with Crippen LogP contribution in [0.15, 0.2) is 59.7 Å². The fraction of sp³-hybridized carbons (Fsp3) is 0.158. The van der Waals surface area contributed by atoms with Gasteiger partial charge in [-0.15, -0.1) is 0 Å². The molecule has 0 fully saturated rings.